The van der Waals surface area contributed by atoms with Crippen LogP contribution in [0.2, 0.25) is 0 Å². The van der Waals surface area contributed by atoms with E-state index < -0.39 is 21.5 Å². The third kappa shape index (κ3) is 5.93. The van der Waals surface area contributed by atoms with Gasteiger partial charge in [0.15, 0.2) is 0 Å². The molecule has 32 heavy (non-hydrogen) atoms. The van der Waals surface area contributed by atoms with Crippen LogP contribution in [0.25, 0.3) is 0 Å². The largest absolute Gasteiger partial charge is 0.495 e. The molecule has 0 saturated heterocycles. The molecule has 1 N–H and O–H groups in total. The molecule has 3 aromatic rings. The lowest BCUT2D eigenvalue weighted by atomic mass is 10.1. The molecule has 0 atom stereocenters. The maximum Gasteiger partial charge on any atom is 0.278 e. The zero-order valence-electron chi connectivity index (χ0n) is 18.6. The minimum atomic E-state index is -3.91. The lowest BCUT2D eigenvalue weighted by Crippen LogP contribution is -2.40. The van der Waals surface area contributed by atoms with E-state index in [0.717, 1.165) is 5.56 Å². The van der Waals surface area contributed by atoms with Gasteiger partial charge in [-0.3, -0.25) is 4.79 Å². The number of pyridine rings is 1. The number of amides is 1. The molecule has 1 aromatic heterocycles. The predicted octanol–water partition coefficient (Wildman–Crippen LogP) is 3.36. The molecular weight excluding hydrogens is 426 g/mol. The summed E-state index contributed by atoms with van der Waals surface area (Å²) in [4.78, 5) is 17.1. The fraction of sp³-hybridized carbons (Fsp3) is 0.250. The Morgan fingerprint density at radius 1 is 1.03 bits per heavy atom. The number of methoxy groups -OCH3 is 1. The highest BCUT2D eigenvalue weighted by molar-refractivity contribution is 7.89. The van der Waals surface area contributed by atoms with Crippen LogP contribution in [0.1, 0.15) is 36.7 Å². The first-order valence-corrected chi connectivity index (χ1v) is 11.6. The second-order valence-electron chi connectivity index (χ2n) is 8.31. The average Bonchev–Trinajstić information content (AvgIpc) is 2.73. The van der Waals surface area contributed by atoms with E-state index >= 15 is 0 Å². The smallest absolute Gasteiger partial charge is 0.278 e. The van der Waals surface area contributed by atoms with Crippen LogP contribution in [0.4, 0.5) is 0 Å². The lowest BCUT2D eigenvalue weighted by Gasteiger charge is -2.21. The van der Waals surface area contributed by atoms with Gasteiger partial charge in [-0.1, -0.05) is 36.4 Å². The Labute approximate surface area is 188 Å². The Hall–Kier alpha value is -3.23. The van der Waals surface area contributed by atoms with Crippen molar-refractivity contribution in [2.75, 3.05) is 7.11 Å². The Kier molecular flexibility index (Phi) is 6.96. The Morgan fingerprint density at radius 2 is 1.72 bits per heavy atom. The average molecular weight is 454 g/mol. The molecule has 0 aliphatic heterocycles. The molecule has 8 heteroatoms. The maximum absolute atomic E-state index is 12.9. The van der Waals surface area contributed by atoms with E-state index in [2.05, 4.69) is 9.71 Å². The number of benzene rings is 2. The molecule has 1 heterocycles. The molecule has 0 spiro atoms. The molecule has 0 bridgehead atoms. The highest BCUT2D eigenvalue weighted by atomic mass is 32.2. The van der Waals surface area contributed by atoms with Crippen LogP contribution in [0.15, 0.2) is 82.8 Å². The summed E-state index contributed by atoms with van der Waals surface area (Å²) >= 11 is 0. The topological polar surface area (TPSA) is 89.8 Å². The summed E-state index contributed by atoms with van der Waals surface area (Å²) < 4.78 is 35.4. The normalized spacial score (nSPS) is 12.6. The SMILES string of the molecule is COc1ccc(C(=O)N=c2ccccn2Cc2ccccc2)cc1S(=O)(=O)NC(C)(C)C. The van der Waals surface area contributed by atoms with Crippen molar-refractivity contribution in [1.29, 1.82) is 0 Å². The quantitative estimate of drug-likeness (QED) is 0.620. The number of hydrogen-bond acceptors (Lipinski definition) is 4. The van der Waals surface area contributed by atoms with E-state index in [1.165, 1.54) is 25.3 Å². The van der Waals surface area contributed by atoms with Gasteiger partial charge in [-0.2, -0.15) is 4.99 Å². The molecule has 0 radical (unpaired) electrons. The van der Waals surface area contributed by atoms with Gasteiger partial charge in [0.25, 0.3) is 5.91 Å². The first-order chi connectivity index (χ1) is 15.1. The summed E-state index contributed by atoms with van der Waals surface area (Å²) in [7, 11) is -2.53. The summed E-state index contributed by atoms with van der Waals surface area (Å²) in [6.07, 6.45) is 1.84. The van der Waals surface area contributed by atoms with Crippen molar-refractivity contribution in [2.45, 2.75) is 37.8 Å². The van der Waals surface area contributed by atoms with Gasteiger partial charge < -0.3 is 9.30 Å². The minimum Gasteiger partial charge on any atom is -0.495 e. The van der Waals surface area contributed by atoms with Crippen molar-refractivity contribution in [3.05, 3.63) is 89.5 Å². The molecule has 7 nitrogen and oxygen atoms in total. The van der Waals surface area contributed by atoms with Gasteiger partial charge in [-0.15, -0.1) is 0 Å². The van der Waals surface area contributed by atoms with Crippen molar-refractivity contribution in [1.82, 2.24) is 9.29 Å². The monoisotopic (exact) mass is 453 g/mol. The Morgan fingerprint density at radius 3 is 2.38 bits per heavy atom. The van der Waals surface area contributed by atoms with Gasteiger partial charge in [0.05, 0.1) is 7.11 Å². The fourth-order valence-corrected chi connectivity index (χ4v) is 4.74. The number of sulfonamides is 1. The molecule has 1 amide bonds. The Bertz CT molecular complexity index is 1270. The third-order valence-electron chi connectivity index (χ3n) is 4.47. The van der Waals surface area contributed by atoms with Crippen LogP contribution in [0.3, 0.4) is 0 Å². The summed E-state index contributed by atoms with van der Waals surface area (Å²) in [5.74, 6) is -0.398. The number of carbonyl (C=O) groups excluding carboxylic acids is 1. The van der Waals surface area contributed by atoms with Crippen molar-refractivity contribution >= 4 is 15.9 Å². The molecule has 2 aromatic carbocycles. The fourth-order valence-electron chi connectivity index (χ4n) is 3.13. The first-order valence-electron chi connectivity index (χ1n) is 10.1. The molecule has 0 aliphatic carbocycles. The predicted molar refractivity (Wildman–Crippen MR) is 123 cm³/mol. The Balaban J connectivity index is 2.00. The minimum absolute atomic E-state index is 0.110. The van der Waals surface area contributed by atoms with Crippen LogP contribution in [-0.2, 0) is 16.6 Å². The van der Waals surface area contributed by atoms with Crippen LogP contribution in [0.5, 0.6) is 5.75 Å². The lowest BCUT2D eigenvalue weighted by molar-refractivity contribution is 0.0997. The van der Waals surface area contributed by atoms with E-state index in [1.54, 1.807) is 32.9 Å². The van der Waals surface area contributed by atoms with E-state index in [0.29, 0.717) is 12.0 Å². The van der Waals surface area contributed by atoms with Crippen molar-refractivity contribution in [3.8, 4) is 5.75 Å². The maximum atomic E-state index is 12.9. The van der Waals surface area contributed by atoms with Crippen molar-refractivity contribution in [2.24, 2.45) is 4.99 Å². The van der Waals surface area contributed by atoms with Crippen molar-refractivity contribution in [3.63, 3.8) is 0 Å². The van der Waals surface area contributed by atoms with Crippen molar-refractivity contribution < 1.29 is 17.9 Å². The number of hydrogen-bond donors (Lipinski definition) is 1. The van der Waals surface area contributed by atoms with Crippen LogP contribution in [0, 0.1) is 0 Å². The molecule has 0 unspecified atom stereocenters. The second-order valence-corrected chi connectivity index (χ2v) is 9.96. The molecule has 168 valence electrons. The van der Waals surface area contributed by atoms with Gasteiger partial charge >= 0.3 is 0 Å². The molecule has 0 fully saturated rings. The number of nitrogens with zero attached hydrogens (tertiary/aromatic N) is 2. The number of carbonyl (C=O) groups is 1. The van der Waals surface area contributed by atoms with Gasteiger partial charge in [-0.05, 0) is 56.7 Å². The second kappa shape index (κ2) is 9.50. The number of nitrogens with one attached hydrogen (secondary N) is 1. The molecule has 0 aliphatic rings. The van der Waals surface area contributed by atoms with Crippen LogP contribution >= 0.6 is 0 Å². The van der Waals surface area contributed by atoms with Crippen LogP contribution < -0.4 is 14.9 Å². The zero-order valence-corrected chi connectivity index (χ0v) is 19.4. The standard InChI is InChI=1S/C24H27N3O4S/c1-24(2,3)26-32(29,30)21-16-19(13-14-20(21)31-4)23(28)25-22-12-8-9-15-27(22)17-18-10-6-5-7-11-18/h5-16,26H,17H2,1-4H3. The third-order valence-corrected chi connectivity index (χ3v) is 6.25. The van der Waals surface area contributed by atoms with Gasteiger partial charge in [0.1, 0.15) is 16.1 Å². The van der Waals surface area contributed by atoms with E-state index in [4.69, 9.17) is 4.74 Å². The van der Waals surface area contributed by atoms with Gasteiger partial charge in [-0.25, -0.2) is 13.1 Å². The summed E-state index contributed by atoms with van der Waals surface area (Å²) in [6.45, 7) is 5.76. The van der Waals surface area contributed by atoms with Gasteiger partial charge in [0, 0.05) is 23.8 Å². The highest BCUT2D eigenvalue weighted by Gasteiger charge is 2.26. The number of rotatable bonds is 6. The van der Waals surface area contributed by atoms with E-state index in [9.17, 15) is 13.2 Å². The molecule has 0 saturated carbocycles. The summed E-state index contributed by atoms with van der Waals surface area (Å²) in [5.41, 5.74) is 0.990. The van der Waals surface area contributed by atoms with Crippen LogP contribution in [-0.4, -0.2) is 31.5 Å². The van der Waals surface area contributed by atoms with E-state index in [1.807, 2.05) is 47.2 Å². The number of aromatic nitrogens is 1. The van der Waals surface area contributed by atoms with Gasteiger partial charge in [0.2, 0.25) is 10.0 Å². The van der Waals surface area contributed by atoms with E-state index in [-0.39, 0.29) is 16.2 Å². The first kappa shape index (κ1) is 23.4. The zero-order chi connectivity index (χ0) is 23.4. The molecular formula is C24H27N3O4S. The number of ether oxygens (including phenoxy) is 1. The highest BCUT2D eigenvalue weighted by Crippen LogP contribution is 2.26. The summed E-state index contributed by atoms with van der Waals surface area (Å²) in [6, 6.07) is 19.5. The molecule has 3 rings (SSSR count). The summed E-state index contributed by atoms with van der Waals surface area (Å²) in [5, 5.41) is 0.